The molecule has 0 aliphatic carbocycles. The minimum Gasteiger partial charge on any atom is -0.378 e. The number of carbonyl (C=O) groups excluding carboxylic acids is 1. The predicted molar refractivity (Wildman–Crippen MR) is 102 cm³/mol. The van der Waals surface area contributed by atoms with Gasteiger partial charge in [0.2, 0.25) is 0 Å². The molecule has 2 aromatic rings. The Balaban J connectivity index is 1.65. The van der Waals surface area contributed by atoms with Crippen LogP contribution in [-0.4, -0.2) is 42.8 Å². The molecule has 0 atom stereocenters. The first-order chi connectivity index (χ1) is 13.0. The van der Waals surface area contributed by atoms with Gasteiger partial charge in [-0.2, -0.15) is 5.10 Å². The third-order valence-corrected chi connectivity index (χ3v) is 4.31. The van der Waals surface area contributed by atoms with Crippen molar-refractivity contribution < 1.29 is 14.5 Å². The van der Waals surface area contributed by atoms with E-state index >= 15 is 0 Å². The second kappa shape index (κ2) is 8.41. The Morgan fingerprint density at radius 1 is 1.15 bits per heavy atom. The first-order valence-electron chi connectivity index (χ1n) is 8.57. The lowest BCUT2D eigenvalue weighted by atomic mass is 10.1. The molecule has 0 aromatic heterocycles. The van der Waals surface area contributed by atoms with Crippen molar-refractivity contribution in [2.75, 3.05) is 31.2 Å². The zero-order valence-electron chi connectivity index (χ0n) is 14.9. The molecule has 1 fully saturated rings. The summed E-state index contributed by atoms with van der Waals surface area (Å²) in [6.07, 6.45) is 0. The Hall–Kier alpha value is -3.26. The van der Waals surface area contributed by atoms with Crippen molar-refractivity contribution in [2.24, 2.45) is 5.10 Å². The molecule has 0 radical (unpaired) electrons. The topological polar surface area (TPSA) is 97.1 Å². The monoisotopic (exact) mass is 368 g/mol. The Labute approximate surface area is 156 Å². The zero-order chi connectivity index (χ0) is 19.2. The van der Waals surface area contributed by atoms with Crippen molar-refractivity contribution in [3.05, 3.63) is 69.8 Å². The molecule has 1 amide bonds. The summed E-state index contributed by atoms with van der Waals surface area (Å²) in [5.41, 5.74) is 5.13. The van der Waals surface area contributed by atoms with Crippen LogP contribution in [0.2, 0.25) is 0 Å². The average molecular weight is 368 g/mol. The fourth-order valence-corrected chi connectivity index (χ4v) is 2.76. The van der Waals surface area contributed by atoms with Gasteiger partial charge in [0.1, 0.15) is 0 Å². The maximum absolute atomic E-state index is 12.2. The van der Waals surface area contributed by atoms with Crippen LogP contribution in [0, 0.1) is 10.1 Å². The largest absolute Gasteiger partial charge is 0.378 e. The van der Waals surface area contributed by atoms with Crippen molar-refractivity contribution in [1.82, 2.24) is 5.43 Å². The minimum atomic E-state index is -0.540. The number of nitrogens with zero attached hydrogens (tertiary/aromatic N) is 3. The van der Waals surface area contributed by atoms with E-state index in [1.54, 1.807) is 6.92 Å². The molecule has 8 nitrogen and oxygen atoms in total. The number of nitro groups is 1. The molecule has 1 aliphatic rings. The summed E-state index contributed by atoms with van der Waals surface area (Å²) in [7, 11) is 0. The first kappa shape index (κ1) is 18.5. The highest BCUT2D eigenvalue weighted by atomic mass is 16.6. The van der Waals surface area contributed by atoms with E-state index in [4.69, 9.17) is 4.74 Å². The van der Waals surface area contributed by atoms with Crippen LogP contribution >= 0.6 is 0 Å². The zero-order valence-corrected chi connectivity index (χ0v) is 14.9. The SMILES string of the molecule is CC(=NNC(=O)c1cccc([N+](=O)[O-])c1)c1ccc(N2CCOCC2)cc1. The molecule has 0 spiro atoms. The molecule has 3 rings (SSSR count). The van der Waals surface area contributed by atoms with Gasteiger partial charge in [0.05, 0.1) is 23.8 Å². The summed E-state index contributed by atoms with van der Waals surface area (Å²) in [5, 5.41) is 14.9. The summed E-state index contributed by atoms with van der Waals surface area (Å²) in [5.74, 6) is -0.497. The highest BCUT2D eigenvalue weighted by molar-refractivity contribution is 6.01. The third-order valence-electron chi connectivity index (χ3n) is 4.31. The van der Waals surface area contributed by atoms with E-state index in [1.807, 2.05) is 24.3 Å². The molecule has 1 saturated heterocycles. The lowest BCUT2D eigenvalue weighted by molar-refractivity contribution is -0.384. The van der Waals surface area contributed by atoms with Crippen molar-refractivity contribution in [3.8, 4) is 0 Å². The molecule has 1 heterocycles. The lowest BCUT2D eigenvalue weighted by Gasteiger charge is -2.28. The summed E-state index contributed by atoms with van der Waals surface area (Å²) in [4.78, 5) is 24.7. The van der Waals surface area contributed by atoms with E-state index in [9.17, 15) is 14.9 Å². The van der Waals surface area contributed by atoms with Crippen molar-refractivity contribution in [2.45, 2.75) is 6.92 Å². The standard InChI is InChI=1S/C19H20N4O4/c1-14(15-5-7-17(8-6-15)22-9-11-27-12-10-22)20-21-19(24)16-3-2-4-18(13-16)23(25)26/h2-8,13H,9-12H2,1H3,(H,21,24). The number of nitrogens with one attached hydrogen (secondary N) is 1. The molecule has 27 heavy (non-hydrogen) atoms. The Morgan fingerprint density at radius 3 is 2.52 bits per heavy atom. The first-order valence-corrected chi connectivity index (χ1v) is 8.57. The molecule has 2 aromatic carbocycles. The molecular weight excluding hydrogens is 348 g/mol. The molecule has 1 N–H and O–H groups in total. The number of rotatable bonds is 5. The summed E-state index contributed by atoms with van der Waals surface area (Å²) >= 11 is 0. The normalized spacial score (nSPS) is 14.7. The number of morpholine rings is 1. The molecule has 0 saturated carbocycles. The molecule has 140 valence electrons. The number of hydrogen-bond donors (Lipinski definition) is 1. The van der Waals surface area contributed by atoms with E-state index in [2.05, 4.69) is 15.4 Å². The van der Waals surface area contributed by atoms with Gasteiger partial charge in [-0.3, -0.25) is 14.9 Å². The minimum absolute atomic E-state index is 0.137. The van der Waals surface area contributed by atoms with Crippen molar-refractivity contribution >= 4 is 23.0 Å². The van der Waals surface area contributed by atoms with Crippen LogP contribution < -0.4 is 10.3 Å². The summed E-state index contributed by atoms with van der Waals surface area (Å²) in [6, 6.07) is 13.5. The van der Waals surface area contributed by atoms with E-state index in [0.29, 0.717) is 5.71 Å². The van der Waals surface area contributed by atoms with Gasteiger partial charge in [0.25, 0.3) is 11.6 Å². The number of hydrazone groups is 1. The average Bonchev–Trinajstić information content (AvgIpc) is 2.72. The van der Waals surface area contributed by atoms with Gasteiger partial charge in [-0.15, -0.1) is 0 Å². The lowest BCUT2D eigenvalue weighted by Crippen LogP contribution is -2.36. The van der Waals surface area contributed by atoms with Gasteiger partial charge >= 0.3 is 0 Å². The molecule has 0 bridgehead atoms. The Kier molecular flexibility index (Phi) is 5.77. The highest BCUT2D eigenvalue weighted by Gasteiger charge is 2.12. The summed E-state index contributed by atoms with van der Waals surface area (Å²) < 4.78 is 5.36. The van der Waals surface area contributed by atoms with Crippen LogP contribution in [0.3, 0.4) is 0 Å². The molecule has 8 heteroatoms. The van der Waals surface area contributed by atoms with Crippen LogP contribution in [0.4, 0.5) is 11.4 Å². The van der Waals surface area contributed by atoms with Crippen LogP contribution in [0.25, 0.3) is 0 Å². The number of hydrogen-bond acceptors (Lipinski definition) is 6. The van der Waals surface area contributed by atoms with Gasteiger partial charge in [0.15, 0.2) is 0 Å². The van der Waals surface area contributed by atoms with Crippen molar-refractivity contribution in [3.63, 3.8) is 0 Å². The second-order valence-electron chi connectivity index (χ2n) is 6.09. The Morgan fingerprint density at radius 2 is 1.85 bits per heavy atom. The predicted octanol–water partition coefficient (Wildman–Crippen LogP) is 2.59. The van der Waals surface area contributed by atoms with Crippen LogP contribution in [0.1, 0.15) is 22.8 Å². The van der Waals surface area contributed by atoms with Gasteiger partial charge in [-0.1, -0.05) is 18.2 Å². The Bertz CT molecular complexity index is 858. The van der Waals surface area contributed by atoms with Gasteiger partial charge in [-0.05, 0) is 30.7 Å². The third kappa shape index (κ3) is 4.68. The smallest absolute Gasteiger partial charge is 0.271 e. The summed E-state index contributed by atoms with van der Waals surface area (Å²) in [6.45, 7) is 4.98. The molecule has 1 aliphatic heterocycles. The van der Waals surface area contributed by atoms with E-state index < -0.39 is 10.8 Å². The molecular formula is C19H20N4O4. The van der Waals surface area contributed by atoms with E-state index in [1.165, 1.54) is 24.3 Å². The number of ether oxygens (including phenoxy) is 1. The van der Waals surface area contributed by atoms with E-state index in [-0.39, 0.29) is 11.3 Å². The van der Waals surface area contributed by atoms with Gasteiger partial charge in [-0.25, -0.2) is 5.43 Å². The van der Waals surface area contributed by atoms with Gasteiger partial charge in [0, 0.05) is 36.5 Å². The quantitative estimate of drug-likeness (QED) is 0.497. The number of anilines is 1. The fraction of sp³-hybridized carbons (Fsp3) is 0.263. The van der Waals surface area contributed by atoms with E-state index in [0.717, 1.165) is 37.6 Å². The van der Waals surface area contributed by atoms with Gasteiger partial charge < -0.3 is 9.64 Å². The fourth-order valence-electron chi connectivity index (χ4n) is 2.76. The number of non-ortho nitro benzene ring substituents is 1. The number of benzene rings is 2. The van der Waals surface area contributed by atoms with Crippen LogP contribution in [-0.2, 0) is 4.74 Å². The second-order valence-corrected chi connectivity index (χ2v) is 6.09. The number of carbonyl (C=O) groups is 1. The maximum atomic E-state index is 12.2. The number of nitro benzene ring substituents is 1. The number of amides is 1. The van der Waals surface area contributed by atoms with Crippen LogP contribution in [0.5, 0.6) is 0 Å². The highest BCUT2D eigenvalue weighted by Crippen LogP contribution is 2.17. The molecule has 0 unspecified atom stereocenters. The maximum Gasteiger partial charge on any atom is 0.271 e. The van der Waals surface area contributed by atoms with Crippen molar-refractivity contribution in [1.29, 1.82) is 0 Å². The van der Waals surface area contributed by atoms with Crippen LogP contribution in [0.15, 0.2) is 53.6 Å².